The molecule has 0 bridgehead atoms. The number of rotatable bonds is 0. The molecule has 0 saturated heterocycles. The van der Waals surface area contributed by atoms with E-state index in [-0.39, 0.29) is 0 Å². The molecule has 0 aliphatic heterocycles. The maximum atomic E-state index is 5.96. The minimum Gasteiger partial charge on any atom is -0.448 e. The molecule has 1 aromatic heterocycles. The van der Waals surface area contributed by atoms with Crippen LogP contribution in [0.5, 0.6) is 0 Å². The van der Waals surface area contributed by atoms with Gasteiger partial charge in [0.25, 0.3) is 0 Å². The minimum absolute atomic E-state index is 0.581. The second kappa shape index (κ2) is 5.13. The fourth-order valence-corrected chi connectivity index (χ4v) is 3.81. The summed E-state index contributed by atoms with van der Waals surface area (Å²) in [7, 11) is 0. The molecule has 0 atom stereocenters. The molecule has 1 aliphatic rings. The fourth-order valence-electron chi connectivity index (χ4n) is 3.81. The van der Waals surface area contributed by atoms with E-state index in [1.54, 1.807) is 0 Å². The smallest absolute Gasteiger partial charge is 0.178 e. The second-order valence-electron chi connectivity index (χ2n) is 7.21. The van der Waals surface area contributed by atoms with Crippen molar-refractivity contribution in [3.05, 3.63) is 72.5 Å². The van der Waals surface area contributed by atoms with Crippen LogP contribution in [-0.2, 0) is 0 Å². The minimum atomic E-state index is 0.581. The molecule has 0 amide bonds. The molecule has 1 heterocycles. The summed E-state index contributed by atoms with van der Waals surface area (Å²) in [5, 5.41) is 8.76. The third kappa shape index (κ3) is 2.13. The van der Waals surface area contributed by atoms with E-state index in [1.165, 1.54) is 45.2 Å². The Bertz CT molecular complexity index is 1390. The molecule has 1 saturated carbocycles. The van der Waals surface area contributed by atoms with Crippen molar-refractivity contribution < 1.29 is 4.42 Å². The Balaban J connectivity index is 1.65. The van der Waals surface area contributed by atoms with Crippen LogP contribution in [0.2, 0.25) is 0 Å². The van der Waals surface area contributed by atoms with Gasteiger partial charge in [-0.1, -0.05) is 48.4 Å². The van der Waals surface area contributed by atoms with Gasteiger partial charge in [0.1, 0.15) is 5.58 Å². The Morgan fingerprint density at radius 2 is 1.46 bits per heavy atom. The molecular formula is C25H16O. The molecule has 0 spiro atoms. The van der Waals surface area contributed by atoms with E-state index in [9.17, 15) is 0 Å². The van der Waals surface area contributed by atoms with Crippen LogP contribution >= 0.6 is 0 Å². The largest absolute Gasteiger partial charge is 0.448 e. The summed E-state index contributed by atoms with van der Waals surface area (Å²) >= 11 is 0. The average Bonchev–Trinajstić information content (AvgIpc) is 3.41. The average molecular weight is 332 g/mol. The van der Waals surface area contributed by atoms with Crippen molar-refractivity contribution in [1.82, 2.24) is 0 Å². The van der Waals surface area contributed by atoms with Gasteiger partial charge in [-0.2, -0.15) is 0 Å². The highest BCUT2D eigenvalue weighted by molar-refractivity contribution is 6.18. The summed E-state index contributed by atoms with van der Waals surface area (Å²) in [6.45, 7) is 0. The summed E-state index contributed by atoms with van der Waals surface area (Å²) in [5.41, 5.74) is 0.915. The van der Waals surface area contributed by atoms with Gasteiger partial charge in [-0.3, -0.25) is 0 Å². The fraction of sp³-hybridized carbons (Fsp3) is 0.120. The van der Waals surface area contributed by atoms with E-state index < -0.39 is 0 Å². The van der Waals surface area contributed by atoms with E-state index in [0.29, 0.717) is 5.92 Å². The first-order valence-corrected chi connectivity index (χ1v) is 9.14. The van der Waals surface area contributed by atoms with Crippen molar-refractivity contribution in [1.29, 1.82) is 0 Å². The zero-order chi connectivity index (χ0) is 17.1. The van der Waals surface area contributed by atoms with Crippen LogP contribution in [0.1, 0.15) is 18.6 Å². The predicted octanol–water partition coefficient (Wildman–Crippen LogP) is 6.65. The first-order chi connectivity index (χ1) is 12.8. The third-order valence-electron chi connectivity index (χ3n) is 5.36. The van der Waals surface area contributed by atoms with Gasteiger partial charge in [-0.05, 0) is 69.3 Å². The monoisotopic (exact) mass is 332 g/mol. The first-order valence-electron chi connectivity index (χ1n) is 9.14. The molecule has 1 nitrogen and oxygen atoms in total. The van der Waals surface area contributed by atoms with Crippen molar-refractivity contribution >= 4 is 43.3 Å². The molecule has 4 aromatic carbocycles. The number of hydrogen-bond acceptors (Lipinski definition) is 1. The Kier molecular flexibility index (Phi) is 2.76. The predicted molar refractivity (Wildman–Crippen MR) is 108 cm³/mol. The number of fused-ring (bicyclic) bond motifs is 6. The zero-order valence-corrected chi connectivity index (χ0v) is 14.3. The summed E-state index contributed by atoms with van der Waals surface area (Å²) in [5.74, 6) is 7.85. The number of benzene rings is 4. The van der Waals surface area contributed by atoms with Crippen molar-refractivity contribution in [2.45, 2.75) is 12.8 Å². The van der Waals surface area contributed by atoms with Gasteiger partial charge in [0.05, 0.1) is 0 Å². The van der Waals surface area contributed by atoms with E-state index in [1.807, 2.05) is 0 Å². The van der Waals surface area contributed by atoms with Gasteiger partial charge in [0, 0.05) is 17.4 Å². The summed E-state index contributed by atoms with van der Waals surface area (Å²) in [4.78, 5) is 0. The Hall–Kier alpha value is -3.24. The highest BCUT2D eigenvalue weighted by Gasteiger charge is 2.18. The molecule has 26 heavy (non-hydrogen) atoms. The lowest BCUT2D eigenvalue weighted by Gasteiger charge is -2.07. The van der Waals surface area contributed by atoms with Crippen molar-refractivity contribution in [3.63, 3.8) is 0 Å². The van der Waals surface area contributed by atoms with Gasteiger partial charge in [-0.15, -0.1) is 0 Å². The van der Waals surface area contributed by atoms with Crippen LogP contribution in [-0.4, -0.2) is 0 Å². The van der Waals surface area contributed by atoms with Crippen molar-refractivity contribution in [2.24, 2.45) is 5.92 Å². The van der Waals surface area contributed by atoms with Gasteiger partial charge >= 0.3 is 0 Å². The molecule has 0 radical (unpaired) electrons. The lowest BCUT2D eigenvalue weighted by atomic mass is 9.97. The Labute approximate surface area is 151 Å². The highest BCUT2D eigenvalue weighted by Crippen LogP contribution is 2.35. The van der Waals surface area contributed by atoms with Crippen molar-refractivity contribution in [2.75, 3.05) is 0 Å². The first kappa shape index (κ1) is 14.0. The van der Waals surface area contributed by atoms with Crippen LogP contribution in [0.25, 0.3) is 43.3 Å². The quantitative estimate of drug-likeness (QED) is 0.176. The Morgan fingerprint density at radius 1 is 0.692 bits per heavy atom. The zero-order valence-electron chi connectivity index (χ0n) is 14.3. The molecule has 5 aromatic rings. The van der Waals surface area contributed by atoms with Crippen LogP contribution in [0.3, 0.4) is 0 Å². The second-order valence-corrected chi connectivity index (χ2v) is 7.21. The van der Waals surface area contributed by atoms with E-state index in [2.05, 4.69) is 78.6 Å². The maximum Gasteiger partial charge on any atom is 0.178 e. The van der Waals surface area contributed by atoms with Gasteiger partial charge in [0.15, 0.2) is 5.76 Å². The van der Waals surface area contributed by atoms with Crippen molar-refractivity contribution in [3.8, 4) is 11.8 Å². The SMILES string of the molecule is C(#CC1CC1)c1cc2c(ccc3c4cc5ccccc5cc4ccc23)o1. The van der Waals surface area contributed by atoms with Crippen LogP contribution in [0.4, 0.5) is 0 Å². The third-order valence-corrected chi connectivity index (χ3v) is 5.36. The molecule has 1 fully saturated rings. The molecule has 1 aliphatic carbocycles. The normalized spacial score (nSPS) is 14.2. The molecule has 0 N–H and O–H groups in total. The summed E-state index contributed by atoms with van der Waals surface area (Å²) in [6, 6.07) is 23.9. The summed E-state index contributed by atoms with van der Waals surface area (Å²) < 4.78 is 5.96. The molecule has 0 unspecified atom stereocenters. The lowest BCUT2D eigenvalue weighted by Crippen LogP contribution is -1.80. The summed E-state index contributed by atoms with van der Waals surface area (Å²) in [6.07, 6.45) is 2.46. The van der Waals surface area contributed by atoms with E-state index in [4.69, 9.17) is 4.42 Å². The molecule has 1 heteroatoms. The lowest BCUT2D eigenvalue weighted by molar-refractivity contribution is 0.601. The van der Waals surface area contributed by atoms with E-state index in [0.717, 1.165) is 16.7 Å². The van der Waals surface area contributed by atoms with E-state index >= 15 is 0 Å². The number of hydrogen-bond donors (Lipinski definition) is 0. The highest BCUT2D eigenvalue weighted by atomic mass is 16.3. The standard InChI is InChI=1S/C25H16O/c1-2-4-18-14-23-19(13-17(18)3-1)8-10-22-21(23)11-12-25-24(22)15-20(26-25)9-7-16-5-6-16/h1-4,8,10-16H,5-6H2. The van der Waals surface area contributed by atoms with Gasteiger partial charge < -0.3 is 4.42 Å². The number of furan rings is 1. The van der Waals surface area contributed by atoms with Crippen LogP contribution < -0.4 is 0 Å². The maximum absolute atomic E-state index is 5.96. The molecule has 122 valence electrons. The van der Waals surface area contributed by atoms with Gasteiger partial charge in [0.2, 0.25) is 0 Å². The van der Waals surface area contributed by atoms with Crippen LogP contribution in [0.15, 0.2) is 71.1 Å². The Morgan fingerprint density at radius 3 is 2.31 bits per heavy atom. The van der Waals surface area contributed by atoms with Crippen LogP contribution in [0, 0.1) is 17.8 Å². The topological polar surface area (TPSA) is 13.1 Å². The molecule has 6 rings (SSSR count). The molecular weight excluding hydrogens is 316 g/mol. The van der Waals surface area contributed by atoms with Gasteiger partial charge in [-0.25, -0.2) is 0 Å².